The molecule has 0 aliphatic heterocycles. The monoisotopic (exact) mass is 382 g/mol. The predicted octanol–water partition coefficient (Wildman–Crippen LogP) is 1.05. The lowest BCUT2D eigenvalue weighted by atomic mass is 10.2. The Morgan fingerprint density at radius 3 is 2.64 bits per heavy atom. The van der Waals surface area contributed by atoms with Gasteiger partial charge in [-0.15, -0.1) is 5.10 Å². The number of imidazole rings is 1. The highest BCUT2D eigenvalue weighted by atomic mass is 32.2. The molecule has 0 saturated heterocycles. The third-order valence-electron chi connectivity index (χ3n) is 3.08. The van der Waals surface area contributed by atoms with Crippen molar-refractivity contribution in [3.63, 3.8) is 0 Å². The molecule has 3 aromatic rings. The standard InChI is InChI=1S/C14H14N4O5S2/c1-2-22-12(19)8-23-10-5-3-9(4-6-10)11-7-18-13(16-11)24-14(17-18)25(15,20)21/h3-7H,2,8H2,1H3,(H2,15,20,21). The van der Waals surface area contributed by atoms with Crippen LogP contribution in [-0.4, -0.2) is 42.2 Å². The van der Waals surface area contributed by atoms with E-state index in [9.17, 15) is 13.2 Å². The van der Waals surface area contributed by atoms with Crippen LogP contribution < -0.4 is 9.88 Å². The molecule has 1 aromatic carbocycles. The molecule has 3 rings (SSSR count). The molecule has 0 unspecified atom stereocenters. The van der Waals surface area contributed by atoms with Crippen molar-refractivity contribution in [2.75, 3.05) is 13.2 Å². The van der Waals surface area contributed by atoms with Crippen LogP contribution in [0.25, 0.3) is 16.2 Å². The van der Waals surface area contributed by atoms with Crippen LogP contribution in [0.5, 0.6) is 5.75 Å². The van der Waals surface area contributed by atoms with Crippen LogP contribution in [0, 0.1) is 0 Å². The van der Waals surface area contributed by atoms with Crippen molar-refractivity contribution in [3.8, 4) is 17.0 Å². The van der Waals surface area contributed by atoms with E-state index in [2.05, 4.69) is 10.1 Å². The van der Waals surface area contributed by atoms with Gasteiger partial charge in [-0.1, -0.05) is 11.3 Å². The molecule has 2 aromatic heterocycles. The van der Waals surface area contributed by atoms with Crippen LogP contribution in [0.2, 0.25) is 0 Å². The molecule has 0 fully saturated rings. The molecule has 0 bridgehead atoms. The second-order valence-corrected chi connectivity index (χ2v) is 7.58. The van der Waals surface area contributed by atoms with Crippen molar-refractivity contribution in [3.05, 3.63) is 30.5 Å². The number of benzene rings is 1. The average molecular weight is 382 g/mol. The normalized spacial score (nSPS) is 11.6. The Morgan fingerprint density at radius 1 is 1.32 bits per heavy atom. The molecule has 0 amide bonds. The molecule has 9 nitrogen and oxygen atoms in total. The summed E-state index contributed by atoms with van der Waals surface area (Å²) >= 11 is 0.891. The minimum absolute atomic E-state index is 0.159. The van der Waals surface area contributed by atoms with Gasteiger partial charge in [-0.25, -0.2) is 27.9 Å². The third-order valence-corrected chi connectivity index (χ3v) is 5.31. The first-order valence-electron chi connectivity index (χ1n) is 7.14. The molecule has 0 radical (unpaired) electrons. The van der Waals surface area contributed by atoms with E-state index in [0.29, 0.717) is 23.0 Å². The van der Waals surface area contributed by atoms with Crippen LogP contribution in [0.4, 0.5) is 0 Å². The highest BCUT2D eigenvalue weighted by molar-refractivity contribution is 7.91. The summed E-state index contributed by atoms with van der Waals surface area (Å²) in [4.78, 5) is 16.0. The summed E-state index contributed by atoms with van der Waals surface area (Å²) < 4.78 is 33.8. The van der Waals surface area contributed by atoms with E-state index in [1.54, 1.807) is 37.4 Å². The van der Waals surface area contributed by atoms with Gasteiger partial charge in [0.1, 0.15) is 5.75 Å². The molecule has 0 aliphatic rings. The highest BCUT2D eigenvalue weighted by Crippen LogP contribution is 2.25. The number of sulfonamides is 1. The number of rotatable bonds is 6. The van der Waals surface area contributed by atoms with Crippen molar-refractivity contribution in [2.45, 2.75) is 11.3 Å². The second-order valence-electron chi connectivity index (χ2n) is 4.88. The quantitative estimate of drug-likeness (QED) is 0.631. The van der Waals surface area contributed by atoms with Gasteiger partial charge in [0.05, 0.1) is 18.5 Å². The van der Waals surface area contributed by atoms with Gasteiger partial charge in [-0.3, -0.25) is 0 Å². The summed E-state index contributed by atoms with van der Waals surface area (Å²) in [7, 11) is -3.84. The number of hydrogen-bond donors (Lipinski definition) is 1. The highest BCUT2D eigenvalue weighted by Gasteiger charge is 2.17. The van der Waals surface area contributed by atoms with Gasteiger partial charge in [-0.2, -0.15) is 0 Å². The molecule has 0 spiro atoms. The molecule has 2 heterocycles. The lowest BCUT2D eigenvalue weighted by Crippen LogP contribution is -2.14. The summed E-state index contributed by atoms with van der Waals surface area (Å²) in [5.41, 5.74) is 1.41. The smallest absolute Gasteiger partial charge is 0.344 e. The van der Waals surface area contributed by atoms with Gasteiger partial charge in [0.25, 0.3) is 10.0 Å². The first-order valence-corrected chi connectivity index (χ1v) is 9.51. The number of hydrogen-bond acceptors (Lipinski definition) is 8. The number of fused-ring (bicyclic) bond motifs is 1. The van der Waals surface area contributed by atoms with Gasteiger partial charge in [0.15, 0.2) is 6.61 Å². The Bertz CT molecular complexity index is 976. The fourth-order valence-electron chi connectivity index (χ4n) is 2.00. The molecule has 132 valence electrons. The van der Waals surface area contributed by atoms with Crippen LogP contribution in [0.15, 0.2) is 34.8 Å². The topological polar surface area (TPSA) is 126 Å². The van der Waals surface area contributed by atoms with Gasteiger partial charge in [-0.05, 0) is 31.2 Å². The Balaban J connectivity index is 1.75. The number of nitrogens with two attached hydrogens (primary N) is 1. The minimum Gasteiger partial charge on any atom is -0.482 e. The van der Waals surface area contributed by atoms with Crippen molar-refractivity contribution >= 4 is 32.3 Å². The largest absolute Gasteiger partial charge is 0.482 e. The molecular formula is C14H14N4O5S2. The van der Waals surface area contributed by atoms with Crippen molar-refractivity contribution < 1.29 is 22.7 Å². The zero-order valence-corrected chi connectivity index (χ0v) is 14.7. The summed E-state index contributed by atoms with van der Waals surface area (Å²) in [5.74, 6) is 0.0881. The van der Waals surface area contributed by atoms with E-state index in [1.165, 1.54) is 4.52 Å². The number of nitrogens with zero attached hydrogens (tertiary/aromatic N) is 3. The average Bonchev–Trinajstić information content (AvgIpc) is 3.12. The Labute approximate surface area is 147 Å². The van der Waals surface area contributed by atoms with Crippen LogP contribution in [0.1, 0.15) is 6.92 Å². The summed E-state index contributed by atoms with van der Waals surface area (Å²) in [6, 6.07) is 6.94. The van der Waals surface area contributed by atoms with Gasteiger partial charge < -0.3 is 9.47 Å². The van der Waals surface area contributed by atoms with Crippen molar-refractivity contribution in [1.29, 1.82) is 0 Å². The maximum atomic E-state index is 11.3. The van der Waals surface area contributed by atoms with Gasteiger partial charge in [0.2, 0.25) is 9.30 Å². The molecule has 0 atom stereocenters. The molecule has 0 saturated carbocycles. The first kappa shape index (κ1) is 17.3. The maximum Gasteiger partial charge on any atom is 0.344 e. The first-order chi connectivity index (χ1) is 11.9. The van der Waals surface area contributed by atoms with Crippen LogP contribution >= 0.6 is 11.3 Å². The fourth-order valence-corrected chi connectivity index (χ4v) is 3.51. The summed E-state index contributed by atoms with van der Waals surface area (Å²) in [6.45, 7) is 1.87. The lowest BCUT2D eigenvalue weighted by molar-refractivity contribution is -0.145. The molecule has 11 heteroatoms. The number of carbonyl (C=O) groups excluding carboxylic acids is 1. The van der Waals surface area contributed by atoms with Gasteiger partial charge in [0, 0.05) is 5.56 Å². The zero-order chi connectivity index (χ0) is 18.0. The third kappa shape index (κ3) is 3.95. The van der Waals surface area contributed by atoms with Crippen molar-refractivity contribution in [1.82, 2.24) is 14.6 Å². The SMILES string of the molecule is CCOC(=O)COc1ccc(-c2cn3nc(S(N)(=O)=O)sc3n2)cc1. The van der Waals surface area contributed by atoms with Crippen LogP contribution in [0.3, 0.4) is 0 Å². The second kappa shape index (κ2) is 6.78. The summed E-state index contributed by atoms with van der Waals surface area (Å²) in [6.07, 6.45) is 1.61. The van der Waals surface area contributed by atoms with E-state index in [1.807, 2.05) is 0 Å². The van der Waals surface area contributed by atoms with E-state index in [4.69, 9.17) is 14.6 Å². The van der Waals surface area contributed by atoms with E-state index >= 15 is 0 Å². The maximum absolute atomic E-state index is 11.3. The molecule has 25 heavy (non-hydrogen) atoms. The lowest BCUT2D eigenvalue weighted by Gasteiger charge is -2.06. The number of primary sulfonamides is 1. The number of esters is 1. The van der Waals surface area contributed by atoms with Gasteiger partial charge >= 0.3 is 5.97 Å². The summed E-state index contributed by atoms with van der Waals surface area (Å²) in [5, 5.41) is 8.94. The Morgan fingerprint density at radius 2 is 2.04 bits per heavy atom. The van der Waals surface area contributed by atoms with E-state index in [-0.39, 0.29) is 10.9 Å². The Kier molecular flexibility index (Phi) is 4.70. The fraction of sp³-hybridized carbons (Fsp3) is 0.214. The molecule has 2 N–H and O–H groups in total. The Hall–Kier alpha value is -2.50. The van der Waals surface area contributed by atoms with Crippen molar-refractivity contribution in [2.24, 2.45) is 5.14 Å². The number of aromatic nitrogens is 3. The minimum atomic E-state index is -3.84. The van der Waals surface area contributed by atoms with E-state index in [0.717, 1.165) is 16.9 Å². The number of ether oxygens (including phenoxy) is 2. The number of carbonyl (C=O) groups is 1. The predicted molar refractivity (Wildman–Crippen MR) is 89.8 cm³/mol. The van der Waals surface area contributed by atoms with E-state index < -0.39 is 16.0 Å². The van der Waals surface area contributed by atoms with Crippen LogP contribution in [-0.2, 0) is 19.6 Å². The molecule has 0 aliphatic carbocycles. The molecular weight excluding hydrogens is 368 g/mol. The zero-order valence-electron chi connectivity index (χ0n) is 13.1.